The van der Waals surface area contributed by atoms with Crippen molar-refractivity contribution in [3.05, 3.63) is 104 Å². The highest BCUT2D eigenvalue weighted by Crippen LogP contribution is 2.29. The van der Waals surface area contributed by atoms with Gasteiger partial charge in [-0.15, -0.1) is 0 Å². The molecule has 4 amide bonds. The molecule has 0 spiro atoms. The van der Waals surface area contributed by atoms with E-state index in [1.54, 1.807) is 25.1 Å². The third-order valence-electron chi connectivity index (χ3n) is 5.52. The van der Waals surface area contributed by atoms with E-state index < -0.39 is 28.7 Å². The van der Waals surface area contributed by atoms with Gasteiger partial charge in [0.15, 0.2) is 0 Å². The van der Waals surface area contributed by atoms with E-state index in [-0.39, 0.29) is 46.5 Å². The number of imide groups is 2. The summed E-state index contributed by atoms with van der Waals surface area (Å²) >= 11 is 6.33. The largest absolute Gasteiger partial charge is 0.487 e. The maximum atomic E-state index is 13.1. The number of non-ortho nitro benzene ring substituents is 1. The highest BCUT2D eigenvalue weighted by molar-refractivity contribution is 6.39. The molecule has 0 bridgehead atoms. The SMILES string of the molecule is CCOC(=O)c1ccc(N2C(=O)NC(=O)/C(=C\c3ccc(OCc4cccc([N+](=O)[O-])c4)c(Cl)c3)C2=O)cc1. The van der Waals surface area contributed by atoms with Crippen LogP contribution < -0.4 is 15.0 Å². The summed E-state index contributed by atoms with van der Waals surface area (Å²) in [6.45, 7) is 1.88. The Morgan fingerprint density at radius 1 is 1.08 bits per heavy atom. The molecule has 1 heterocycles. The number of amides is 4. The summed E-state index contributed by atoms with van der Waals surface area (Å²) in [5.74, 6) is -2.02. The lowest BCUT2D eigenvalue weighted by Gasteiger charge is -2.26. The molecule has 0 saturated carbocycles. The van der Waals surface area contributed by atoms with Gasteiger partial charge in [0.25, 0.3) is 17.5 Å². The van der Waals surface area contributed by atoms with Gasteiger partial charge < -0.3 is 9.47 Å². The molecule has 1 aliphatic heterocycles. The average Bonchev–Trinajstić information content (AvgIpc) is 2.91. The van der Waals surface area contributed by atoms with Crippen molar-refractivity contribution >= 4 is 52.9 Å². The molecule has 198 valence electrons. The number of nitrogens with one attached hydrogen (secondary N) is 1. The van der Waals surface area contributed by atoms with Crippen LogP contribution in [0.2, 0.25) is 5.02 Å². The van der Waals surface area contributed by atoms with E-state index in [9.17, 15) is 29.3 Å². The molecule has 39 heavy (non-hydrogen) atoms. The second-order valence-electron chi connectivity index (χ2n) is 8.13. The molecule has 0 unspecified atom stereocenters. The number of carbonyl (C=O) groups is 4. The number of carbonyl (C=O) groups excluding carboxylic acids is 4. The van der Waals surface area contributed by atoms with Gasteiger partial charge in [0, 0.05) is 12.1 Å². The zero-order valence-corrected chi connectivity index (χ0v) is 21.1. The summed E-state index contributed by atoms with van der Waals surface area (Å²) in [5.41, 5.74) is 0.947. The Balaban J connectivity index is 1.52. The molecular weight excluding hydrogens is 530 g/mol. The van der Waals surface area contributed by atoms with Gasteiger partial charge in [0.1, 0.15) is 17.9 Å². The van der Waals surface area contributed by atoms with Gasteiger partial charge in [-0.25, -0.2) is 14.5 Å². The van der Waals surface area contributed by atoms with Crippen LogP contribution in [0.3, 0.4) is 0 Å². The standard InChI is InChI=1S/C27H20ClN3O8/c1-2-38-26(34)18-7-9-19(10-8-18)30-25(33)21(24(32)29-27(30)35)13-16-6-11-23(22(28)14-16)39-15-17-4-3-5-20(12-17)31(36)37/h3-14H,2,15H2,1H3,(H,29,32,35)/b21-13+. The van der Waals surface area contributed by atoms with Crippen molar-refractivity contribution in [1.82, 2.24) is 5.32 Å². The molecule has 12 heteroatoms. The lowest BCUT2D eigenvalue weighted by Crippen LogP contribution is -2.54. The second-order valence-corrected chi connectivity index (χ2v) is 8.54. The number of halogens is 1. The molecule has 1 fully saturated rings. The molecule has 1 aliphatic rings. The first kappa shape index (κ1) is 27.0. The summed E-state index contributed by atoms with van der Waals surface area (Å²) in [5, 5.41) is 13.2. The van der Waals surface area contributed by atoms with Gasteiger partial charge >= 0.3 is 12.0 Å². The van der Waals surface area contributed by atoms with Crippen LogP contribution in [0.1, 0.15) is 28.4 Å². The Hall–Kier alpha value is -5.03. The number of esters is 1. The smallest absolute Gasteiger partial charge is 0.338 e. The zero-order valence-electron chi connectivity index (χ0n) is 20.4. The van der Waals surface area contributed by atoms with Crippen molar-refractivity contribution < 1.29 is 33.6 Å². The highest BCUT2D eigenvalue weighted by Gasteiger charge is 2.36. The molecule has 0 radical (unpaired) electrons. The van der Waals surface area contributed by atoms with E-state index in [1.807, 2.05) is 0 Å². The van der Waals surface area contributed by atoms with E-state index in [4.69, 9.17) is 21.1 Å². The number of hydrogen-bond donors (Lipinski definition) is 1. The van der Waals surface area contributed by atoms with Crippen molar-refractivity contribution in [2.24, 2.45) is 0 Å². The molecule has 1 N–H and O–H groups in total. The summed E-state index contributed by atoms with van der Waals surface area (Å²) in [6, 6.07) is 15.2. The minimum atomic E-state index is -0.936. The van der Waals surface area contributed by atoms with Crippen molar-refractivity contribution in [2.75, 3.05) is 11.5 Å². The summed E-state index contributed by atoms with van der Waals surface area (Å²) in [6.07, 6.45) is 1.28. The third kappa shape index (κ3) is 6.11. The van der Waals surface area contributed by atoms with Gasteiger partial charge in [-0.3, -0.25) is 25.0 Å². The summed E-state index contributed by atoms with van der Waals surface area (Å²) < 4.78 is 10.6. The zero-order chi connectivity index (χ0) is 28.1. The number of benzene rings is 3. The number of rotatable bonds is 8. The molecule has 3 aromatic rings. The average molecular weight is 550 g/mol. The minimum Gasteiger partial charge on any atom is -0.487 e. The molecule has 11 nitrogen and oxygen atoms in total. The van der Waals surface area contributed by atoms with E-state index in [0.717, 1.165) is 4.90 Å². The van der Waals surface area contributed by atoms with Crippen LogP contribution in [-0.4, -0.2) is 35.3 Å². The number of ether oxygens (including phenoxy) is 2. The number of nitro groups is 1. The fourth-order valence-electron chi connectivity index (χ4n) is 3.66. The van der Waals surface area contributed by atoms with Gasteiger partial charge in [0.05, 0.1) is 27.8 Å². The first-order valence-corrected chi connectivity index (χ1v) is 11.9. The Labute approximate surface area is 226 Å². The predicted octanol–water partition coefficient (Wildman–Crippen LogP) is 4.67. The van der Waals surface area contributed by atoms with Crippen LogP contribution >= 0.6 is 11.6 Å². The van der Waals surface area contributed by atoms with Crippen molar-refractivity contribution in [3.63, 3.8) is 0 Å². The topological polar surface area (TPSA) is 145 Å². The fourth-order valence-corrected chi connectivity index (χ4v) is 3.91. The summed E-state index contributed by atoms with van der Waals surface area (Å²) in [7, 11) is 0. The van der Waals surface area contributed by atoms with Gasteiger partial charge in [0.2, 0.25) is 0 Å². The van der Waals surface area contributed by atoms with E-state index in [1.165, 1.54) is 54.6 Å². The predicted molar refractivity (Wildman–Crippen MR) is 140 cm³/mol. The number of anilines is 1. The summed E-state index contributed by atoms with van der Waals surface area (Å²) in [4.78, 5) is 61.2. The maximum absolute atomic E-state index is 13.1. The number of hydrogen-bond acceptors (Lipinski definition) is 8. The quantitative estimate of drug-likeness (QED) is 0.140. The van der Waals surface area contributed by atoms with E-state index >= 15 is 0 Å². The van der Waals surface area contributed by atoms with Crippen molar-refractivity contribution in [3.8, 4) is 5.75 Å². The molecule has 3 aromatic carbocycles. The molecule has 1 saturated heterocycles. The molecule has 0 aliphatic carbocycles. The lowest BCUT2D eigenvalue weighted by atomic mass is 10.1. The monoisotopic (exact) mass is 549 g/mol. The number of barbiturate groups is 1. The van der Waals surface area contributed by atoms with E-state index in [2.05, 4.69) is 5.32 Å². The normalized spacial score (nSPS) is 14.3. The van der Waals surface area contributed by atoms with Crippen LogP contribution in [0, 0.1) is 10.1 Å². The third-order valence-corrected chi connectivity index (χ3v) is 5.82. The Morgan fingerprint density at radius 2 is 1.82 bits per heavy atom. The van der Waals surface area contributed by atoms with Gasteiger partial charge in [-0.1, -0.05) is 29.8 Å². The molecular formula is C27H20ClN3O8. The van der Waals surface area contributed by atoms with Gasteiger partial charge in [-0.05, 0) is 60.5 Å². The Bertz CT molecular complexity index is 1520. The Kier molecular flexibility index (Phi) is 8.01. The minimum absolute atomic E-state index is 0.0226. The van der Waals surface area contributed by atoms with Crippen molar-refractivity contribution in [2.45, 2.75) is 13.5 Å². The molecule has 0 atom stereocenters. The number of nitrogens with zero attached hydrogens (tertiary/aromatic N) is 2. The fraction of sp³-hybridized carbons (Fsp3) is 0.111. The first-order chi connectivity index (χ1) is 18.7. The Morgan fingerprint density at radius 3 is 2.49 bits per heavy atom. The van der Waals surface area contributed by atoms with Crippen LogP contribution in [0.15, 0.2) is 72.3 Å². The van der Waals surface area contributed by atoms with E-state index in [0.29, 0.717) is 11.1 Å². The van der Waals surface area contributed by atoms with Gasteiger partial charge in [-0.2, -0.15) is 0 Å². The number of urea groups is 1. The number of nitro benzene ring substituents is 1. The molecule has 0 aromatic heterocycles. The van der Waals surface area contributed by atoms with Crippen LogP contribution in [-0.2, 0) is 20.9 Å². The van der Waals surface area contributed by atoms with Crippen LogP contribution in [0.5, 0.6) is 5.75 Å². The second kappa shape index (κ2) is 11.6. The molecule has 4 rings (SSSR count). The maximum Gasteiger partial charge on any atom is 0.338 e. The lowest BCUT2D eigenvalue weighted by molar-refractivity contribution is -0.384. The first-order valence-electron chi connectivity index (χ1n) is 11.5. The van der Waals surface area contributed by atoms with Crippen LogP contribution in [0.25, 0.3) is 6.08 Å². The van der Waals surface area contributed by atoms with Crippen LogP contribution in [0.4, 0.5) is 16.2 Å². The van der Waals surface area contributed by atoms with Crippen molar-refractivity contribution in [1.29, 1.82) is 0 Å². The highest BCUT2D eigenvalue weighted by atomic mass is 35.5.